The van der Waals surface area contributed by atoms with Crippen molar-refractivity contribution in [1.82, 2.24) is 5.16 Å². The minimum atomic E-state index is -0.474. The molecular weight excluding hydrogens is 208 g/mol. The topological polar surface area (TPSA) is 76.1 Å². The number of nitriles is 1. The van der Waals surface area contributed by atoms with E-state index in [2.05, 4.69) is 5.16 Å². The fourth-order valence-corrected chi connectivity index (χ4v) is 1.36. The summed E-state index contributed by atoms with van der Waals surface area (Å²) >= 11 is 0. The first-order valence-electron chi connectivity index (χ1n) is 5.11. The largest absolute Gasteiger partial charge is 0.458 e. The maximum absolute atomic E-state index is 11.8. The van der Waals surface area contributed by atoms with Crippen LogP contribution in [0.4, 0.5) is 0 Å². The molecule has 16 heavy (non-hydrogen) atoms. The lowest BCUT2D eigenvalue weighted by Crippen LogP contribution is -2.17. The number of carbonyl (C=O) groups is 1. The molecule has 0 N–H and O–H groups in total. The lowest BCUT2D eigenvalue weighted by atomic mass is 10.2. The second-order valence-electron chi connectivity index (χ2n) is 3.50. The summed E-state index contributed by atoms with van der Waals surface area (Å²) < 4.78 is 10.1. The van der Waals surface area contributed by atoms with Crippen LogP contribution in [0.5, 0.6) is 0 Å². The number of aromatic nitrogens is 1. The number of hydrogen-bond donors (Lipinski definition) is 0. The van der Waals surface area contributed by atoms with Crippen molar-refractivity contribution in [1.29, 1.82) is 5.26 Å². The van der Waals surface area contributed by atoms with Crippen molar-refractivity contribution in [2.45, 2.75) is 39.7 Å². The van der Waals surface area contributed by atoms with Crippen LogP contribution in [0.3, 0.4) is 0 Å². The molecular formula is C11H14N2O3. The molecule has 5 heteroatoms. The number of ether oxygens (including phenoxy) is 1. The van der Waals surface area contributed by atoms with Crippen molar-refractivity contribution in [2.75, 3.05) is 0 Å². The number of rotatable bonds is 4. The van der Waals surface area contributed by atoms with E-state index in [-0.39, 0.29) is 12.5 Å². The number of aryl methyl sites for hydroxylation is 2. The van der Waals surface area contributed by atoms with E-state index in [1.807, 2.05) is 13.0 Å². The maximum Gasteiger partial charge on any atom is 0.343 e. The van der Waals surface area contributed by atoms with Crippen LogP contribution in [0.15, 0.2) is 4.52 Å². The summed E-state index contributed by atoms with van der Waals surface area (Å²) in [6.07, 6.45) is 0.445. The Hall–Kier alpha value is -1.83. The van der Waals surface area contributed by atoms with Crippen molar-refractivity contribution >= 4 is 5.97 Å². The Labute approximate surface area is 94.0 Å². The minimum Gasteiger partial charge on any atom is -0.458 e. The summed E-state index contributed by atoms with van der Waals surface area (Å²) in [5, 5.41) is 12.2. The van der Waals surface area contributed by atoms with E-state index in [4.69, 9.17) is 14.5 Å². The van der Waals surface area contributed by atoms with Crippen LogP contribution in [0.1, 0.15) is 41.6 Å². The predicted octanol–water partition coefficient (Wildman–Crippen LogP) is 2.14. The SMILES string of the molecule is CC[C@@H](CC#N)OC(=O)c1c(C)noc1C. The summed E-state index contributed by atoms with van der Waals surface area (Å²) in [6, 6.07) is 1.98. The third-order valence-corrected chi connectivity index (χ3v) is 2.29. The first-order valence-corrected chi connectivity index (χ1v) is 5.11. The highest BCUT2D eigenvalue weighted by Crippen LogP contribution is 2.15. The zero-order valence-corrected chi connectivity index (χ0v) is 9.61. The van der Waals surface area contributed by atoms with Gasteiger partial charge in [0.15, 0.2) is 0 Å². The van der Waals surface area contributed by atoms with Gasteiger partial charge in [0.2, 0.25) is 0 Å². The Morgan fingerprint density at radius 2 is 2.31 bits per heavy atom. The summed E-state index contributed by atoms with van der Waals surface area (Å²) in [5.41, 5.74) is 0.866. The van der Waals surface area contributed by atoms with Crippen LogP contribution in [0, 0.1) is 25.2 Å². The molecule has 0 unspecified atom stereocenters. The van der Waals surface area contributed by atoms with Gasteiger partial charge in [-0.2, -0.15) is 5.26 Å². The third kappa shape index (κ3) is 2.60. The molecule has 0 aromatic carbocycles. The molecule has 0 saturated carbocycles. The first-order chi connectivity index (χ1) is 7.60. The molecule has 0 fully saturated rings. The lowest BCUT2D eigenvalue weighted by molar-refractivity contribution is 0.0301. The van der Waals surface area contributed by atoms with Gasteiger partial charge < -0.3 is 9.26 Å². The van der Waals surface area contributed by atoms with Gasteiger partial charge in [-0.05, 0) is 20.3 Å². The average molecular weight is 222 g/mol. The minimum absolute atomic E-state index is 0.200. The van der Waals surface area contributed by atoms with Crippen LogP contribution in [0.2, 0.25) is 0 Å². The monoisotopic (exact) mass is 222 g/mol. The molecule has 0 saturated heterocycles. The molecule has 0 spiro atoms. The molecule has 1 aromatic rings. The molecule has 1 heterocycles. The molecule has 1 atom stereocenters. The maximum atomic E-state index is 11.8. The number of nitrogens with zero attached hydrogens (tertiary/aromatic N) is 2. The Kier molecular flexibility index (Phi) is 4.06. The zero-order valence-electron chi connectivity index (χ0n) is 9.61. The number of carbonyl (C=O) groups excluding carboxylic acids is 1. The van der Waals surface area contributed by atoms with E-state index in [1.54, 1.807) is 13.8 Å². The second kappa shape index (κ2) is 5.31. The third-order valence-electron chi connectivity index (χ3n) is 2.29. The van der Waals surface area contributed by atoms with Gasteiger partial charge in [0.25, 0.3) is 0 Å². The highest BCUT2D eigenvalue weighted by atomic mass is 16.5. The molecule has 0 amide bonds. The molecule has 0 bridgehead atoms. The van der Waals surface area contributed by atoms with Crippen molar-refractivity contribution < 1.29 is 14.1 Å². The molecule has 1 aromatic heterocycles. The summed E-state index contributed by atoms with van der Waals surface area (Å²) in [6.45, 7) is 5.20. The van der Waals surface area contributed by atoms with Gasteiger partial charge in [0.1, 0.15) is 17.4 Å². The smallest absolute Gasteiger partial charge is 0.343 e. The molecule has 86 valence electrons. The fraction of sp³-hybridized carbons (Fsp3) is 0.545. The Bertz CT molecular complexity index is 398. The van der Waals surface area contributed by atoms with Crippen LogP contribution in [0.25, 0.3) is 0 Å². The van der Waals surface area contributed by atoms with Gasteiger partial charge >= 0.3 is 5.97 Å². The van der Waals surface area contributed by atoms with Gasteiger partial charge in [-0.25, -0.2) is 4.79 Å². The van der Waals surface area contributed by atoms with Gasteiger partial charge in [-0.3, -0.25) is 0 Å². The number of esters is 1. The van der Waals surface area contributed by atoms with Crippen LogP contribution in [-0.4, -0.2) is 17.2 Å². The van der Waals surface area contributed by atoms with E-state index < -0.39 is 5.97 Å². The molecule has 0 radical (unpaired) electrons. The zero-order chi connectivity index (χ0) is 12.1. The van der Waals surface area contributed by atoms with Gasteiger partial charge in [-0.15, -0.1) is 0 Å². The van der Waals surface area contributed by atoms with Crippen LogP contribution >= 0.6 is 0 Å². The normalized spacial score (nSPS) is 11.9. The quantitative estimate of drug-likeness (QED) is 0.729. The van der Waals surface area contributed by atoms with E-state index in [9.17, 15) is 4.79 Å². The summed E-state index contributed by atoms with van der Waals surface area (Å²) in [7, 11) is 0. The van der Waals surface area contributed by atoms with E-state index >= 15 is 0 Å². The van der Waals surface area contributed by atoms with Crippen LogP contribution < -0.4 is 0 Å². The second-order valence-corrected chi connectivity index (χ2v) is 3.50. The molecule has 0 aliphatic carbocycles. The average Bonchev–Trinajstić information content (AvgIpc) is 2.57. The van der Waals surface area contributed by atoms with Crippen molar-refractivity contribution in [2.24, 2.45) is 0 Å². The Morgan fingerprint density at radius 3 is 2.75 bits per heavy atom. The van der Waals surface area contributed by atoms with Crippen molar-refractivity contribution in [3.8, 4) is 6.07 Å². The Morgan fingerprint density at radius 1 is 1.62 bits per heavy atom. The standard InChI is InChI=1S/C11H14N2O3/c1-4-9(5-6-12)15-11(14)10-7(2)13-16-8(10)3/h9H,4-5H2,1-3H3/t9-/m0/s1. The highest BCUT2D eigenvalue weighted by Gasteiger charge is 2.21. The van der Waals surface area contributed by atoms with Gasteiger partial charge in [0, 0.05) is 0 Å². The van der Waals surface area contributed by atoms with Crippen LogP contribution in [-0.2, 0) is 4.74 Å². The van der Waals surface area contributed by atoms with Gasteiger partial charge in [-0.1, -0.05) is 12.1 Å². The molecule has 1 rings (SSSR count). The van der Waals surface area contributed by atoms with Crippen molar-refractivity contribution in [3.63, 3.8) is 0 Å². The van der Waals surface area contributed by atoms with E-state index in [1.165, 1.54) is 0 Å². The van der Waals surface area contributed by atoms with E-state index in [0.717, 1.165) is 0 Å². The first kappa shape index (κ1) is 12.2. The molecule has 0 aliphatic heterocycles. The number of hydrogen-bond acceptors (Lipinski definition) is 5. The van der Waals surface area contributed by atoms with E-state index in [0.29, 0.717) is 23.4 Å². The fourth-order valence-electron chi connectivity index (χ4n) is 1.36. The Balaban J connectivity index is 2.76. The molecule has 0 aliphatic rings. The van der Waals surface area contributed by atoms with Gasteiger partial charge in [0.05, 0.1) is 18.2 Å². The summed E-state index contributed by atoms with van der Waals surface area (Å²) in [4.78, 5) is 11.8. The summed E-state index contributed by atoms with van der Waals surface area (Å²) in [5.74, 6) is -0.0346. The van der Waals surface area contributed by atoms with Crippen molar-refractivity contribution in [3.05, 3.63) is 17.0 Å². The highest BCUT2D eigenvalue weighted by molar-refractivity contribution is 5.91. The predicted molar refractivity (Wildman–Crippen MR) is 55.7 cm³/mol. The lowest BCUT2D eigenvalue weighted by Gasteiger charge is -2.12. The molecule has 5 nitrogen and oxygen atoms in total.